The van der Waals surface area contributed by atoms with E-state index in [1.54, 1.807) is 0 Å². The van der Waals surface area contributed by atoms with Crippen molar-refractivity contribution in [1.29, 1.82) is 0 Å². The van der Waals surface area contributed by atoms with E-state index in [0.717, 1.165) is 28.9 Å². The molecule has 7 nitrogen and oxygen atoms in total. The third-order valence-electron chi connectivity index (χ3n) is 3.18. The predicted molar refractivity (Wildman–Crippen MR) is 83.0 cm³/mol. The Bertz CT molecular complexity index is 747. The molecule has 0 radical (unpaired) electrons. The first kappa shape index (κ1) is 16.3. The van der Waals surface area contributed by atoms with E-state index in [-0.39, 0.29) is 11.9 Å². The number of sulfonamides is 1. The van der Waals surface area contributed by atoms with Gasteiger partial charge in [-0.25, -0.2) is 22.8 Å². The van der Waals surface area contributed by atoms with Gasteiger partial charge in [0, 0.05) is 19.6 Å². The summed E-state index contributed by atoms with van der Waals surface area (Å²) in [6, 6.07) is 0. The number of hydrogen-bond acceptors (Lipinski definition) is 4. The quantitative estimate of drug-likeness (QED) is 0.810. The van der Waals surface area contributed by atoms with Gasteiger partial charge in [-0.05, 0) is 20.8 Å². The number of hydrogen-bond donors (Lipinski definition) is 1. The fourth-order valence-electron chi connectivity index (χ4n) is 2.33. The molecule has 0 bridgehead atoms. The topological polar surface area (TPSA) is 81.8 Å². The molecule has 0 saturated carbocycles. The van der Waals surface area contributed by atoms with Crippen LogP contribution >= 0.6 is 11.6 Å². The second-order valence-corrected chi connectivity index (χ2v) is 7.47. The van der Waals surface area contributed by atoms with Gasteiger partial charge in [-0.1, -0.05) is 0 Å². The Morgan fingerprint density at radius 1 is 1.43 bits per heavy atom. The summed E-state index contributed by atoms with van der Waals surface area (Å²) in [6.45, 7) is 7.22. The molecule has 0 saturated heterocycles. The molecule has 0 fully saturated rings. The van der Waals surface area contributed by atoms with Crippen LogP contribution in [0.5, 0.6) is 0 Å². The lowest BCUT2D eigenvalue weighted by Gasteiger charge is -2.11. The second kappa shape index (κ2) is 5.94. The standard InChI is InChI=1S/C12H20ClN5O2S/c1-5-18-12-10(9(3)16-18)15-11(8(2)13)17(12)7-6-14-21(4,19)20/h8,14H,5-7H2,1-4H3. The van der Waals surface area contributed by atoms with Gasteiger partial charge in [-0.15, -0.1) is 11.6 Å². The number of fused-ring (bicyclic) bond motifs is 1. The van der Waals surface area contributed by atoms with E-state index in [9.17, 15) is 8.42 Å². The molecule has 0 spiro atoms. The highest BCUT2D eigenvalue weighted by atomic mass is 35.5. The van der Waals surface area contributed by atoms with Crippen LogP contribution in [0.2, 0.25) is 0 Å². The number of imidazole rings is 1. The maximum atomic E-state index is 11.2. The Hall–Kier alpha value is -1.12. The molecule has 1 atom stereocenters. The highest BCUT2D eigenvalue weighted by Crippen LogP contribution is 2.26. The molecule has 0 aliphatic heterocycles. The molecule has 118 valence electrons. The number of alkyl halides is 1. The van der Waals surface area contributed by atoms with Crippen molar-refractivity contribution in [2.75, 3.05) is 12.8 Å². The highest BCUT2D eigenvalue weighted by Gasteiger charge is 2.20. The van der Waals surface area contributed by atoms with Gasteiger partial charge in [0.15, 0.2) is 5.65 Å². The van der Waals surface area contributed by atoms with Crippen LogP contribution in [0.15, 0.2) is 0 Å². The van der Waals surface area contributed by atoms with Gasteiger partial charge in [-0.2, -0.15) is 5.10 Å². The van der Waals surface area contributed by atoms with E-state index in [4.69, 9.17) is 11.6 Å². The average molecular weight is 334 g/mol. The van der Waals surface area contributed by atoms with Gasteiger partial charge in [0.1, 0.15) is 11.3 Å². The lowest BCUT2D eigenvalue weighted by atomic mass is 10.4. The van der Waals surface area contributed by atoms with Crippen LogP contribution in [0.25, 0.3) is 11.2 Å². The lowest BCUT2D eigenvalue weighted by Crippen LogP contribution is -2.27. The third kappa shape index (κ3) is 3.38. The Kier molecular flexibility index (Phi) is 4.60. The van der Waals surface area contributed by atoms with Crippen LogP contribution in [-0.4, -0.2) is 40.5 Å². The minimum Gasteiger partial charge on any atom is -0.310 e. The van der Waals surface area contributed by atoms with Crippen molar-refractivity contribution >= 4 is 32.8 Å². The summed E-state index contributed by atoms with van der Waals surface area (Å²) in [5.74, 6) is 0.727. The summed E-state index contributed by atoms with van der Waals surface area (Å²) < 4.78 is 28.7. The normalized spacial score (nSPS) is 14.0. The zero-order valence-corrected chi connectivity index (χ0v) is 14.2. The molecule has 0 aliphatic carbocycles. The summed E-state index contributed by atoms with van der Waals surface area (Å²) in [5, 5.41) is 4.17. The number of halogens is 1. The maximum absolute atomic E-state index is 11.2. The van der Waals surface area contributed by atoms with Crippen molar-refractivity contribution in [3.05, 3.63) is 11.5 Å². The van der Waals surface area contributed by atoms with Crippen molar-refractivity contribution in [2.24, 2.45) is 0 Å². The fourth-order valence-corrected chi connectivity index (χ4v) is 2.96. The first-order valence-electron chi connectivity index (χ1n) is 6.76. The smallest absolute Gasteiger partial charge is 0.208 e. The predicted octanol–water partition coefficient (Wildman–Crippen LogP) is 1.41. The Labute approximate surface area is 129 Å². The first-order chi connectivity index (χ1) is 9.74. The number of aromatic nitrogens is 4. The molecule has 9 heteroatoms. The molecular weight excluding hydrogens is 314 g/mol. The average Bonchev–Trinajstić information content (AvgIpc) is 2.87. The van der Waals surface area contributed by atoms with Crippen LogP contribution < -0.4 is 4.72 Å². The van der Waals surface area contributed by atoms with Gasteiger partial charge in [0.2, 0.25) is 10.0 Å². The number of rotatable bonds is 6. The monoisotopic (exact) mass is 333 g/mol. The summed E-state index contributed by atoms with van der Waals surface area (Å²) in [5.41, 5.74) is 2.55. The molecule has 0 amide bonds. The minimum atomic E-state index is -3.21. The first-order valence-corrected chi connectivity index (χ1v) is 9.09. The molecule has 2 aromatic rings. The molecule has 2 rings (SSSR count). The molecule has 21 heavy (non-hydrogen) atoms. The van der Waals surface area contributed by atoms with Gasteiger partial charge >= 0.3 is 0 Å². The zero-order valence-electron chi connectivity index (χ0n) is 12.6. The number of nitrogens with one attached hydrogen (secondary N) is 1. The van der Waals surface area contributed by atoms with E-state index in [0.29, 0.717) is 13.1 Å². The molecule has 1 unspecified atom stereocenters. The van der Waals surface area contributed by atoms with Crippen molar-refractivity contribution in [3.63, 3.8) is 0 Å². The Balaban J connectivity index is 2.45. The fraction of sp³-hybridized carbons (Fsp3) is 0.667. The summed E-state index contributed by atoms with van der Waals surface area (Å²) >= 11 is 6.20. The molecule has 2 heterocycles. The summed E-state index contributed by atoms with van der Waals surface area (Å²) in [7, 11) is -3.21. The van der Waals surface area contributed by atoms with Gasteiger partial charge in [0.05, 0.1) is 17.3 Å². The van der Waals surface area contributed by atoms with Gasteiger partial charge in [0.25, 0.3) is 0 Å². The van der Waals surface area contributed by atoms with Crippen LogP contribution in [0.3, 0.4) is 0 Å². The zero-order chi connectivity index (χ0) is 15.8. The Morgan fingerprint density at radius 3 is 2.62 bits per heavy atom. The number of nitrogens with zero attached hydrogens (tertiary/aromatic N) is 4. The van der Waals surface area contributed by atoms with E-state index in [2.05, 4.69) is 14.8 Å². The molecule has 0 aromatic carbocycles. The molecular formula is C12H20ClN5O2S. The van der Waals surface area contributed by atoms with E-state index < -0.39 is 10.0 Å². The van der Waals surface area contributed by atoms with E-state index in [1.807, 2.05) is 30.0 Å². The van der Waals surface area contributed by atoms with E-state index in [1.165, 1.54) is 0 Å². The highest BCUT2D eigenvalue weighted by molar-refractivity contribution is 7.88. The van der Waals surface area contributed by atoms with Crippen molar-refractivity contribution in [3.8, 4) is 0 Å². The van der Waals surface area contributed by atoms with Crippen molar-refractivity contribution in [2.45, 2.75) is 39.2 Å². The van der Waals surface area contributed by atoms with Crippen molar-refractivity contribution < 1.29 is 8.42 Å². The molecule has 1 N–H and O–H groups in total. The molecule has 0 aliphatic rings. The minimum absolute atomic E-state index is 0.264. The van der Waals surface area contributed by atoms with Crippen LogP contribution in [-0.2, 0) is 23.1 Å². The summed E-state index contributed by atoms with van der Waals surface area (Å²) in [4.78, 5) is 4.57. The van der Waals surface area contributed by atoms with Crippen molar-refractivity contribution in [1.82, 2.24) is 24.1 Å². The second-order valence-electron chi connectivity index (χ2n) is 4.98. The Morgan fingerprint density at radius 2 is 2.10 bits per heavy atom. The largest absolute Gasteiger partial charge is 0.310 e. The van der Waals surface area contributed by atoms with E-state index >= 15 is 0 Å². The lowest BCUT2D eigenvalue weighted by molar-refractivity contribution is 0.570. The number of aryl methyl sites for hydroxylation is 2. The maximum Gasteiger partial charge on any atom is 0.208 e. The van der Waals surface area contributed by atoms with Gasteiger partial charge in [-0.3, -0.25) is 0 Å². The summed E-state index contributed by atoms with van der Waals surface area (Å²) in [6.07, 6.45) is 1.14. The van der Waals surface area contributed by atoms with Crippen LogP contribution in [0, 0.1) is 6.92 Å². The SMILES string of the molecule is CCn1nc(C)c2nc(C(C)Cl)n(CCNS(C)(=O)=O)c21. The van der Waals surface area contributed by atoms with Gasteiger partial charge < -0.3 is 4.57 Å². The van der Waals surface area contributed by atoms with Crippen LogP contribution in [0.4, 0.5) is 0 Å². The van der Waals surface area contributed by atoms with Crippen LogP contribution in [0.1, 0.15) is 30.7 Å². The molecule has 2 aromatic heterocycles. The third-order valence-corrected chi connectivity index (χ3v) is 4.11.